The highest BCUT2D eigenvalue weighted by molar-refractivity contribution is 8.13. The lowest BCUT2D eigenvalue weighted by Gasteiger charge is -2.30. The number of rotatable bonds is 3. The lowest BCUT2D eigenvalue weighted by atomic mass is 9.89. The second-order valence-electron chi connectivity index (χ2n) is 6.39. The first-order valence-electron chi connectivity index (χ1n) is 8.30. The molecule has 0 fully saturated rings. The van der Waals surface area contributed by atoms with E-state index in [1.54, 1.807) is 17.8 Å². The van der Waals surface area contributed by atoms with Crippen molar-refractivity contribution in [1.29, 1.82) is 0 Å². The molecule has 0 bridgehead atoms. The number of benzene rings is 2. The molecule has 7 heteroatoms. The molecule has 2 heterocycles. The summed E-state index contributed by atoms with van der Waals surface area (Å²) >= 11 is 1.57. The van der Waals surface area contributed by atoms with E-state index in [2.05, 4.69) is 22.4 Å². The number of aromatic nitrogens is 1. The minimum atomic E-state index is -0.380. The molecule has 3 N–H and O–H groups in total. The highest BCUT2D eigenvalue weighted by Gasteiger charge is 2.29. The average molecular weight is 366 g/mol. The molecule has 132 valence electrons. The molecule has 1 aliphatic rings. The van der Waals surface area contributed by atoms with Crippen molar-refractivity contribution in [3.63, 3.8) is 0 Å². The molecule has 2 aromatic carbocycles. The van der Waals surface area contributed by atoms with E-state index in [1.165, 1.54) is 0 Å². The van der Waals surface area contributed by atoms with E-state index in [0.717, 1.165) is 17.7 Å². The number of hydrogen-bond acceptors (Lipinski definition) is 6. The van der Waals surface area contributed by atoms with Crippen LogP contribution in [0.2, 0.25) is 0 Å². The number of amides is 1. The van der Waals surface area contributed by atoms with Crippen molar-refractivity contribution in [3.05, 3.63) is 59.9 Å². The van der Waals surface area contributed by atoms with Crippen LogP contribution in [0.25, 0.3) is 10.9 Å². The number of aliphatic imine (C=N–C) groups is 1. The first-order valence-corrected chi connectivity index (χ1v) is 9.28. The van der Waals surface area contributed by atoms with Gasteiger partial charge in [-0.05, 0) is 43.2 Å². The fourth-order valence-corrected chi connectivity index (χ4v) is 4.04. The van der Waals surface area contributed by atoms with Crippen LogP contribution in [0.15, 0.2) is 58.0 Å². The third-order valence-corrected chi connectivity index (χ3v) is 5.32. The van der Waals surface area contributed by atoms with Crippen LogP contribution in [-0.2, 0) is 5.54 Å². The van der Waals surface area contributed by atoms with Gasteiger partial charge in [0.2, 0.25) is 5.76 Å². The van der Waals surface area contributed by atoms with Gasteiger partial charge in [0, 0.05) is 11.4 Å². The summed E-state index contributed by atoms with van der Waals surface area (Å²) in [5, 5.41) is 8.10. The lowest BCUT2D eigenvalue weighted by Crippen LogP contribution is -2.28. The Kier molecular flexibility index (Phi) is 4.16. The highest BCUT2D eigenvalue weighted by Crippen LogP contribution is 2.36. The number of fused-ring (bicyclic) bond motifs is 1. The van der Waals surface area contributed by atoms with Crippen molar-refractivity contribution in [2.45, 2.75) is 18.9 Å². The van der Waals surface area contributed by atoms with Crippen LogP contribution in [0.5, 0.6) is 0 Å². The van der Waals surface area contributed by atoms with Gasteiger partial charge in [0.25, 0.3) is 5.91 Å². The van der Waals surface area contributed by atoms with Gasteiger partial charge >= 0.3 is 0 Å². The van der Waals surface area contributed by atoms with Crippen molar-refractivity contribution in [2.24, 2.45) is 10.7 Å². The number of nitrogens with two attached hydrogens (primary N) is 1. The highest BCUT2D eigenvalue weighted by atomic mass is 32.2. The molecule has 0 unspecified atom stereocenters. The number of nitrogens with zero attached hydrogens (tertiary/aromatic N) is 2. The monoisotopic (exact) mass is 366 g/mol. The minimum absolute atomic E-state index is 0.202. The first-order chi connectivity index (χ1) is 12.5. The lowest BCUT2D eigenvalue weighted by molar-refractivity contribution is 0.0990. The second kappa shape index (κ2) is 6.49. The molecule has 1 amide bonds. The molecule has 0 aliphatic carbocycles. The molecule has 6 nitrogen and oxygen atoms in total. The topological polar surface area (TPSA) is 93.5 Å². The Morgan fingerprint density at radius 1 is 1.27 bits per heavy atom. The summed E-state index contributed by atoms with van der Waals surface area (Å²) in [5.41, 5.74) is 7.88. The number of carbonyl (C=O) groups excluding carboxylic acids is 1. The molecule has 1 atom stereocenters. The van der Waals surface area contributed by atoms with E-state index in [0.29, 0.717) is 21.8 Å². The van der Waals surface area contributed by atoms with Crippen molar-refractivity contribution in [2.75, 3.05) is 11.1 Å². The molecule has 4 rings (SSSR count). The number of hydrogen-bond donors (Lipinski definition) is 2. The van der Waals surface area contributed by atoms with E-state index < -0.39 is 0 Å². The standard InChI is InChI=1S/C19H18N4O2S/c1-19(9-10-26-18(20)22-19)12-5-4-6-13(11-12)21-17(24)16-14-7-2-3-8-15(14)23-25-16/h2-8,11H,9-10H2,1H3,(H2,20,22)(H,21,24)/t19-/m0/s1. The van der Waals surface area contributed by atoms with Crippen LogP contribution in [0.1, 0.15) is 29.5 Å². The maximum absolute atomic E-state index is 12.6. The van der Waals surface area contributed by atoms with Crippen LogP contribution in [0.4, 0.5) is 5.69 Å². The van der Waals surface area contributed by atoms with E-state index in [9.17, 15) is 4.79 Å². The van der Waals surface area contributed by atoms with Gasteiger partial charge < -0.3 is 15.6 Å². The summed E-state index contributed by atoms with van der Waals surface area (Å²) in [6.45, 7) is 2.06. The average Bonchev–Trinajstić information content (AvgIpc) is 3.06. The Labute approximate surface area is 154 Å². The van der Waals surface area contributed by atoms with Gasteiger partial charge in [-0.2, -0.15) is 0 Å². The fraction of sp³-hybridized carbons (Fsp3) is 0.211. The Morgan fingerprint density at radius 3 is 2.96 bits per heavy atom. The normalized spacial score (nSPS) is 20.0. The van der Waals surface area contributed by atoms with Crippen LogP contribution >= 0.6 is 11.8 Å². The van der Waals surface area contributed by atoms with E-state index in [-0.39, 0.29) is 17.2 Å². The van der Waals surface area contributed by atoms with Gasteiger partial charge in [0.1, 0.15) is 5.52 Å². The summed E-state index contributed by atoms with van der Waals surface area (Å²) in [5.74, 6) is 0.795. The SMILES string of the molecule is C[C@@]1(c2cccc(NC(=O)c3onc4ccccc34)c2)CCSC(N)=N1. The van der Waals surface area contributed by atoms with Gasteiger partial charge in [-0.1, -0.05) is 41.2 Å². The largest absolute Gasteiger partial charge is 0.379 e. The third kappa shape index (κ3) is 3.06. The molecule has 0 radical (unpaired) electrons. The van der Waals surface area contributed by atoms with Crippen molar-refractivity contribution >= 4 is 39.4 Å². The van der Waals surface area contributed by atoms with Gasteiger partial charge in [0.15, 0.2) is 5.17 Å². The smallest absolute Gasteiger partial charge is 0.294 e. The number of thioether (sulfide) groups is 1. The van der Waals surface area contributed by atoms with Gasteiger partial charge in [-0.15, -0.1) is 0 Å². The summed E-state index contributed by atoms with van der Waals surface area (Å²) in [6, 6.07) is 15.0. The molecule has 1 aromatic heterocycles. The molecule has 0 spiro atoms. The number of carbonyl (C=O) groups is 1. The molecule has 1 aliphatic heterocycles. The predicted molar refractivity (Wildman–Crippen MR) is 104 cm³/mol. The Morgan fingerprint density at radius 2 is 2.12 bits per heavy atom. The molecular formula is C19H18N4O2S. The molecule has 26 heavy (non-hydrogen) atoms. The van der Waals surface area contributed by atoms with Crippen molar-refractivity contribution < 1.29 is 9.32 Å². The van der Waals surface area contributed by atoms with Crippen LogP contribution in [0.3, 0.4) is 0 Å². The summed E-state index contributed by atoms with van der Waals surface area (Å²) in [4.78, 5) is 17.2. The molecule has 3 aromatic rings. The summed E-state index contributed by atoms with van der Waals surface area (Å²) < 4.78 is 5.23. The maximum Gasteiger partial charge on any atom is 0.294 e. The molecule has 0 saturated carbocycles. The maximum atomic E-state index is 12.6. The van der Waals surface area contributed by atoms with Crippen molar-refractivity contribution in [3.8, 4) is 0 Å². The van der Waals surface area contributed by atoms with Gasteiger partial charge in [0.05, 0.1) is 10.9 Å². The predicted octanol–water partition coefficient (Wildman–Crippen LogP) is 3.75. The van der Waals surface area contributed by atoms with Crippen LogP contribution in [-0.4, -0.2) is 22.0 Å². The Hall–Kier alpha value is -2.80. The number of nitrogens with one attached hydrogen (secondary N) is 1. The Balaban J connectivity index is 1.61. The van der Waals surface area contributed by atoms with E-state index in [1.807, 2.05) is 42.5 Å². The molecule has 0 saturated heterocycles. The number of amidine groups is 1. The zero-order chi connectivity index (χ0) is 18.1. The zero-order valence-electron chi connectivity index (χ0n) is 14.2. The van der Waals surface area contributed by atoms with Crippen molar-refractivity contribution in [1.82, 2.24) is 5.16 Å². The van der Waals surface area contributed by atoms with E-state index in [4.69, 9.17) is 10.3 Å². The first kappa shape index (κ1) is 16.7. The van der Waals surface area contributed by atoms with Crippen LogP contribution < -0.4 is 11.1 Å². The summed E-state index contributed by atoms with van der Waals surface area (Å²) in [6.07, 6.45) is 0.891. The fourth-order valence-electron chi connectivity index (χ4n) is 3.07. The minimum Gasteiger partial charge on any atom is -0.379 e. The third-order valence-electron chi connectivity index (χ3n) is 4.53. The van der Waals surface area contributed by atoms with Gasteiger partial charge in [-0.3, -0.25) is 9.79 Å². The number of anilines is 1. The summed E-state index contributed by atoms with van der Waals surface area (Å²) in [7, 11) is 0. The van der Waals surface area contributed by atoms with Crippen LogP contribution in [0, 0.1) is 0 Å². The van der Waals surface area contributed by atoms with Gasteiger partial charge in [-0.25, -0.2) is 0 Å². The zero-order valence-corrected chi connectivity index (χ0v) is 15.0. The Bertz CT molecular complexity index is 1010. The molecular weight excluding hydrogens is 348 g/mol. The van der Waals surface area contributed by atoms with E-state index >= 15 is 0 Å². The quantitative estimate of drug-likeness (QED) is 0.736. The second-order valence-corrected chi connectivity index (χ2v) is 7.50.